The molecule has 1 N–H and O–H groups in total. The summed E-state index contributed by atoms with van der Waals surface area (Å²) in [7, 11) is 1.38. The molecule has 0 bridgehead atoms. The minimum atomic E-state index is -0.326. The van der Waals surface area contributed by atoms with E-state index >= 15 is 0 Å². The predicted octanol–water partition coefficient (Wildman–Crippen LogP) is 0.669. The second-order valence-electron chi connectivity index (χ2n) is 4.16. The van der Waals surface area contributed by atoms with Gasteiger partial charge in [-0.25, -0.2) is 4.79 Å². The molecule has 0 aliphatic carbocycles. The van der Waals surface area contributed by atoms with Crippen LogP contribution in [-0.2, 0) is 11.3 Å². The number of hydrogen-bond acceptors (Lipinski definition) is 4. The van der Waals surface area contributed by atoms with Crippen molar-refractivity contribution in [2.75, 3.05) is 20.2 Å². The first-order valence-electron chi connectivity index (χ1n) is 5.61. The molecule has 2 heterocycles. The molecule has 0 spiro atoms. The molecule has 0 radical (unpaired) electrons. The van der Waals surface area contributed by atoms with E-state index in [1.54, 1.807) is 12.4 Å². The Balaban J connectivity index is 1.94. The zero-order chi connectivity index (χ0) is 11.4. The molecule has 1 aliphatic rings. The second-order valence-corrected chi connectivity index (χ2v) is 4.16. The van der Waals surface area contributed by atoms with Crippen LogP contribution < -0.4 is 5.32 Å². The normalized spacial score (nSPS) is 20.7. The van der Waals surface area contributed by atoms with Gasteiger partial charge in [0, 0.05) is 12.7 Å². The molecule has 1 saturated heterocycles. The summed E-state index contributed by atoms with van der Waals surface area (Å²) in [5.74, 6) is 0.284. The van der Waals surface area contributed by atoms with E-state index in [4.69, 9.17) is 0 Å². The number of esters is 1. The van der Waals surface area contributed by atoms with E-state index in [-0.39, 0.29) is 5.97 Å². The van der Waals surface area contributed by atoms with E-state index in [2.05, 4.69) is 15.2 Å². The van der Waals surface area contributed by atoms with Gasteiger partial charge in [-0.05, 0) is 31.8 Å². The van der Waals surface area contributed by atoms with Crippen molar-refractivity contribution < 1.29 is 9.53 Å². The fourth-order valence-corrected chi connectivity index (χ4v) is 2.03. The quantitative estimate of drug-likeness (QED) is 0.765. The van der Waals surface area contributed by atoms with Crippen molar-refractivity contribution in [3.63, 3.8) is 0 Å². The van der Waals surface area contributed by atoms with Crippen LogP contribution in [0.3, 0.4) is 0 Å². The van der Waals surface area contributed by atoms with Crippen molar-refractivity contribution in [3.8, 4) is 0 Å². The van der Waals surface area contributed by atoms with E-state index < -0.39 is 0 Å². The molecular weight excluding hydrogens is 206 g/mol. The Morgan fingerprint density at radius 3 is 3.31 bits per heavy atom. The summed E-state index contributed by atoms with van der Waals surface area (Å²) in [5.41, 5.74) is 0.520. The van der Waals surface area contributed by atoms with Gasteiger partial charge in [0.15, 0.2) is 0 Å². The van der Waals surface area contributed by atoms with Crippen molar-refractivity contribution in [2.45, 2.75) is 19.4 Å². The number of methoxy groups -OCH3 is 1. The monoisotopic (exact) mass is 223 g/mol. The van der Waals surface area contributed by atoms with Gasteiger partial charge in [-0.3, -0.25) is 4.68 Å². The minimum absolute atomic E-state index is 0.326. The van der Waals surface area contributed by atoms with Crippen LogP contribution in [0.2, 0.25) is 0 Å². The topological polar surface area (TPSA) is 56.1 Å². The number of carbonyl (C=O) groups is 1. The van der Waals surface area contributed by atoms with Gasteiger partial charge in [0.2, 0.25) is 0 Å². The molecule has 5 heteroatoms. The van der Waals surface area contributed by atoms with Gasteiger partial charge in [-0.1, -0.05) is 0 Å². The number of aromatic nitrogens is 2. The van der Waals surface area contributed by atoms with Crippen LogP contribution in [0.25, 0.3) is 0 Å². The van der Waals surface area contributed by atoms with E-state index in [0.29, 0.717) is 11.5 Å². The minimum Gasteiger partial charge on any atom is -0.465 e. The summed E-state index contributed by atoms with van der Waals surface area (Å²) < 4.78 is 6.46. The first kappa shape index (κ1) is 11.1. The number of ether oxygens (including phenoxy) is 1. The second kappa shape index (κ2) is 5.12. The zero-order valence-corrected chi connectivity index (χ0v) is 9.48. The average Bonchev–Trinajstić information content (AvgIpc) is 2.78. The summed E-state index contributed by atoms with van der Waals surface area (Å²) in [6.45, 7) is 3.01. The molecule has 5 nitrogen and oxygen atoms in total. The Hall–Kier alpha value is -1.36. The van der Waals surface area contributed by atoms with Gasteiger partial charge in [0.05, 0.1) is 18.9 Å². The maximum atomic E-state index is 11.2. The molecule has 0 amide bonds. The number of carbonyl (C=O) groups excluding carboxylic acids is 1. The highest BCUT2D eigenvalue weighted by Crippen LogP contribution is 2.12. The summed E-state index contributed by atoms with van der Waals surface area (Å²) in [6.07, 6.45) is 5.75. The highest BCUT2D eigenvalue weighted by Gasteiger charge is 2.15. The largest absolute Gasteiger partial charge is 0.465 e. The van der Waals surface area contributed by atoms with Crippen LogP contribution in [0.1, 0.15) is 23.2 Å². The molecule has 1 aromatic rings. The summed E-state index contributed by atoms with van der Waals surface area (Å²) in [5, 5.41) is 7.53. The maximum Gasteiger partial charge on any atom is 0.341 e. The third-order valence-corrected chi connectivity index (χ3v) is 2.90. The number of piperidine rings is 1. The fourth-order valence-electron chi connectivity index (χ4n) is 2.03. The number of nitrogens with one attached hydrogen (secondary N) is 1. The van der Waals surface area contributed by atoms with E-state index in [1.807, 2.05) is 4.68 Å². The van der Waals surface area contributed by atoms with Crippen molar-refractivity contribution in [2.24, 2.45) is 5.92 Å². The summed E-state index contributed by atoms with van der Waals surface area (Å²) >= 11 is 0. The Morgan fingerprint density at radius 1 is 1.75 bits per heavy atom. The molecule has 1 fully saturated rings. The summed E-state index contributed by atoms with van der Waals surface area (Å²) in [6, 6.07) is 0. The Morgan fingerprint density at radius 2 is 2.62 bits per heavy atom. The third kappa shape index (κ3) is 2.61. The lowest BCUT2D eigenvalue weighted by atomic mass is 10.00. The van der Waals surface area contributed by atoms with Crippen molar-refractivity contribution in [1.82, 2.24) is 15.1 Å². The predicted molar refractivity (Wildman–Crippen MR) is 59.2 cm³/mol. The average molecular weight is 223 g/mol. The van der Waals surface area contributed by atoms with Crippen LogP contribution in [0.15, 0.2) is 12.4 Å². The van der Waals surface area contributed by atoms with Gasteiger partial charge in [-0.2, -0.15) is 5.10 Å². The first-order valence-corrected chi connectivity index (χ1v) is 5.61. The molecule has 0 saturated carbocycles. The third-order valence-electron chi connectivity index (χ3n) is 2.90. The van der Waals surface area contributed by atoms with Gasteiger partial charge in [0.25, 0.3) is 0 Å². The lowest BCUT2D eigenvalue weighted by Crippen LogP contribution is -2.32. The zero-order valence-electron chi connectivity index (χ0n) is 9.48. The van der Waals surface area contributed by atoms with Gasteiger partial charge in [0.1, 0.15) is 0 Å². The molecule has 1 atom stereocenters. The number of rotatable bonds is 3. The van der Waals surface area contributed by atoms with Crippen molar-refractivity contribution in [1.29, 1.82) is 0 Å². The number of hydrogen-bond donors (Lipinski definition) is 1. The van der Waals surface area contributed by atoms with E-state index in [0.717, 1.165) is 19.6 Å². The molecule has 1 aliphatic heterocycles. The molecule has 1 unspecified atom stereocenters. The van der Waals surface area contributed by atoms with Crippen LogP contribution in [0.5, 0.6) is 0 Å². The molecule has 0 aromatic carbocycles. The lowest BCUT2D eigenvalue weighted by molar-refractivity contribution is 0.0600. The number of nitrogens with zero attached hydrogens (tertiary/aromatic N) is 2. The Labute approximate surface area is 94.8 Å². The molecule has 16 heavy (non-hydrogen) atoms. The van der Waals surface area contributed by atoms with Crippen LogP contribution in [-0.4, -0.2) is 35.9 Å². The Bertz CT molecular complexity index is 356. The van der Waals surface area contributed by atoms with Crippen molar-refractivity contribution >= 4 is 5.97 Å². The fraction of sp³-hybridized carbons (Fsp3) is 0.636. The van der Waals surface area contributed by atoms with Crippen LogP contribution in [0, 0.1) is 5.92 Å². The standard InChI is InChI=1S/C11H17N3O2/c1-16-11(15)10-6-13-14(8-10)7-9-3-2-4-12-5-9/h6,8-9,12H,2-5,7H2,1H3. The maximum absolute atomic E-state index is 11.2. The van der Waals surface area contributed by atoms with Gasteiger partial charge in [-0.15, -0.1) is 0 Å². The van der Waals surface area contributed by atoms with Crippen LogP contribution in [0.4, 0.5) is 0 Å². The SMILES string of the molecule is COC(=O)c1cnn(CC2CCCNC2)c1. The van der Waals surface area contributed by atoms with Gasteiger partial charge < -0.3 is 10.1 Å². The Kier molecular flexibility index (Phi) is 3.56. The smallest absolute Gasteiger partial charge is 0.341 e. The summed E-state index contributed by atoms with van der Waals surface area (Å²) in [4.78, 5) is 11.2. The van der Waals surface area contributed by atoms with Crippen LogP contribution >= 0.6 is 0 Å². The van der Waals surface area contributed by atoms with E-state index in [9.17, 15) is 4.79 Å². The lowest BCUT2D eigenvalue weighted by Gasteiger charge is -2.22. The molecule has 88 valence electrons. The first-order chi connectivity index (χ1) is 7.79. The molecular formula is C11H17N3O2. The van der Waals surface area contributed by atoms with Crippen molar-refractivity contribution in [3.05, 3.63) is 18.0 Å². The highest BCUT2D eigenvalue weighted by atomic mass is 16.5. The molecule has 2 rings (SSSR count). The van der Waals surface area contributed by atoms with E-state index in [1.165, 1.54) is 20.0 Å². The van der Waals surface area contributed by atoms with Gasteiger partial charge >= 0.3 is 5.97 Å². The molecule has 1 aromatic heterocycles. The highest BCUT2D eigenvalue weighted by molar-refractivity contribution is 5.88.